The number of hydrogen-bond donors (Lipinski definition) is 2. The van der Waals surface area contributed by atoms with Gasteiger partial charge in [0, 0.05) is 34.6 Å². The lowest BCUT2D eigenvalue weighted by molar-refractivity contribution is -0.116. The molecule has 3 rings (SSSR count). The van der Waals surface area contributed by atoms with Crippen molar-refractivity contribution in [3.05, 3.63) is 64.4 Å². The molecular weight excluding hydrogens is 364 g/mol. The summed E-state index contributed by atoms with van der Waals surface area (Å²) in [6, 6.07) is 12.8. The lowest BCUT2D eigenvalue weighted by atomic mass is 10.1. The Morgan fingerprint density at radius 3 is 2.52 bits per heavy atom. The van der Waals surface area contributed by atoms with E-state index in [1.807, 2.05) is 32.0 Å². The Morgan fingerprint density at radius 2 is 1.81 bits per heavy atom. The second-order valence-electron chi connectivity index (χ2n) is 6.42. The van der Waals surface area contributed by atoms with Crippen LogP contribution in [-0.2, 0) is 4.79 Å². The highest BCUT2D eigenvalue weighted by molar-refractivity contribution is 6.30. The maximum Gasteiger partial charge on any atom is 0.287 e. The fourth-order valence-corrected chi connectivity index (χ4v) is 3.01. The molecule has 0 aliphatic heterocycles. The van der Waals surface area contributed by atoms with E-state index in [4.69, 9.17) is 16.0 Å². The van der Waals surface area contributed by atoms with E-state index in [1.165, 1.54) is 0 Å². The van der Waals surface area contributed by atoms with Crippen LogP contribution in [0.25, 0.3) is 11.0 Å². The summed E-state index contributed by atoms with van der Waals surface area (Å²) >= 11 is 5.82. The summed E-state index contributed by atoms with van der Waals surface area (Å²) in [6.45, 7) is 4.22. The van der Waals surface area contributed by atoms with Gasteiger partial charge in [-0.2, -0.15) is 0 Å². The number of furan rings is 1. The minimum atomic E-state index is -0.263. The number of hydrogen-bond acceptors (Lipinski definition) is 3. The Balaban J connectivity index is 1.50. The van der Waals surface area contributed by atoms with E-state index in [0.717, 1.165) is 22.1 Å². The maximum absolute atomic E-state index is 12.4. The minimum absolute atomic E-state index is 0.109. The molecular formula is C21H21ClN2O3. The zero-order valence-corrected chi connectivity index (χ0v) is 16.0. The van der Waals surface area contributed by atoms with E-state index in [2.05, 4.69) is 10.6 Å². The van der Waals surface area contributed by atoms with Gasteiger partial charge in [-0.05, 0) is 50.1 Å². The topological polar surface area (TPSA) is 71.3 Å². The molecule has 140 valence electrons. The van der Waals surface area contributed by atoms with Crippen molar-refractivity contribution in [3.8, 4) is 0 Å². The van der Waals surface area contributed by atoms with Crippen molar-refractivity contribution in [2.45, 2.75) is 26.7 Å². The highest BCUT2D eigenvalue weighted by atomic mass is 35.5. The summed E-state index contributed by atoms with van der Waals surface area (Å²) < 4.78 is 5.76. The van der Waals surface area contributed by atoms with E-state index in [0.29, 0.717) is 35.9 Å². The molecule has 0 fully saturated rings. The number of halogens is 1. The van der Waals surface area contributed by atoms with Crippen LogP contribution in [0.1, 0.15) is 34.5 Å². The fraction of sp³-hybridized carbons (Fsp3) is 0.238. The molecule has 0 aliphatic rings. The molecule has 3 aromatic rings. The third-order valence-electron chi connectivity index (χ3n) is 4.36. The fourth-order valence-electron chi connectivity index (χ4n) is 2.89. The van der Waals surface area contributed by atoms with Crippen molar-refractivity contribution in [1.82, 2.24) is 5.32 Å². The van der Waals surface area contributed by atoms with Gasteiger partial charge in [0.1, 0.15) is 5.58 Å². The Kier molecular flexibility index (Phi) is 5.81. The lowest BCUT2D eigenvalue weighted by Crippen LogP contribution is -2.25. The van der Waals surface area contributed by atoms with Gasteiger partial charge in [0.05, 0.1) is 0 Å². The number of fused-ring (bicyclic) bond motifs is 1. The highest BCUT2D eigenvalue weighted by Gasteiger charge is 2.18. The van der Waals surface area contributed by atoms with Gasteiger partial charge in [0.2, 0.25) is 5.91 Å². The van der Waals surface area contributed by atoms with Crippen LogP contribution in [0.2, 0.25) is 5.02 Å². The number of anilines is 1. The van der Waals surface area contributed by atoms with Crippen molar-refractivity contribution >= 4 is 40.1 Å². The van der Waals surface area contributed by atoms with Gasteiger partial charge in [0.15, 0.2) is 5.76 Å². The predicted octanol–water partition coefficient (Wildman–Crippen LogP) is 4.85. The van der Waals surface area contributed by atoms with E-state index in [1.54, 1.807) is 24.3 Å². The average Bonchev–Trinajstić information content (AvgIpc) is 2.99. The van der Waals surface area contributed by atoms with Crippen LogP contribution in [0, 0.1) is 13.8 Å². The molecule has 1 heterocycles. The first-order chi connectivity index (χ1) is 13.0. The molecule has 1 aromatic heterocycles. The number of amides is 2. The van der Waals surface area contributed by atoms with Crippen molar-refractivity contribution in [2.75, 3.05) is 11.9 Å². The van der Waals surface area contributed by atoms with Gasteiger partial charge < -0.3 is 15.1 Å². The molecule has 0 spiro atoms. The van der Waals surface area contributed by atoms with Crippen LogP contribution in [0.15, 0.2) is 46.9 Å². The molecule has 5 nitrogen and oxygen atoms in total. The molecule has 2 N–H and O–H groups in total. The average molecular weight is 385 g/mol. The second kappa shape index (κ2) is 8.27. The first-order valence-electron chi connectivity index (χ1n) is 8.78. The van der Waals surface area contributed by atoms with Crippen molar-refractivity contribution in [1.29, 1.82) is 0 Å². The largest absolute Gasteiger partial charge is 0.450 e. The van der Waals surface area contributed by atoms with Gasteiger partial charge in [-0.3, -0.25) is 9.59 Å². The van der Waals surface area contributed by atoms with Gasteiger partial charge in [0.25, 0.3) is 5.91 Å². The normalized spacial score (nSPS) is 10.8. The minimum Gasteiger partial charge on any atom is -0.450 e. The Morgan fingerprint density at radius 1 is 1.07 bits per heavy atom. The van der Waals surface area contributed by atoms with Crippen LogP contribution in [0.5, 0.6) is 0 Å². The number of para-hydroxylation sites is 1. The number of benzene rings is 2. The second-order valence-corrected chi connectivity index (χ2v) is 6.86. The first-order valence-corrected chi connectivity index (χ1v) is 9.16. The third kappa shape index (κ3) is 4.49. The summed E-state index contributed by atoms with van der Waals surface area (Å²) in [5, 5.41) is 7.17. The summed E-state index contributed by atoms with van der Waals surface area (Å²) in [4.78, 5) is 24.3. The molecule has 0 aliphatic carbocycles. The van der Waals surface area contributed by atoms with Crippen LogP contribution < -0.4 is 10.6 Å². The maximum atomic E-state index is 12.4. The molecule has 0 radical (unpaired) electrons. The van der Waals surface area contributed by atoms with Crippen LogP contribution >= 0.6 is 11.6 Å². The Hall–Kier alpha value is -2.79. The van der Waals surface area contributed by atoms with Gasteiger partial charge >= 0.3 is 0 Å². The van der Waals surface area contributed by atoms with Crippen LogP contribution in [0.4, 0.5) is 5.69 Å². The SMILES string of the molecule is Cc1c(C(=O)NCCCC(=O)Nc2ccc(Cl)cc2)oc2c(C)cccc12. The van der Waals surface area contributed by atoms with E-state index in [9.17, 15) is 9.59 Å². The van der Waals surface area contributed by atoms with E-state index < -0.39 is 0 Å². The predicted molar refractivity (Wildman–Crippen MR) is 107 cm³/mol. The van der Waals surface area contributed by atoms with E-state index >= 15 is 0 Å². The zero-order chi connectivity index (χ0) is 19.4. The zero-order valence-electron chi connectivity index (χ0n) is 15.3. The summed E-state index contributed by atoms with van der Waals surface area (Å²) in [6.07, 6.45) is 0.838. The number of aryl methyl sites for hydroxylation is 2. The Bertz CT molecular complexity index is 977. The molecule has 27 heavy (non-hydrogen) atoms. The smallest absolute Gasteiger partial charge is 0.287 e. The molecule has 6 heteroatoms. The lowest BCUT2D eigenvalue weighted by Gasteiger charge is -2.06. The molecule has 2 amide bonds. The van der Waals surface area contributed by atoms with Crippen LogP contribution in [-0.4, -0.2) is 18.4 Å². The summed E-state index contributed by atoms with van der Waals surface area (Å²) in [5.74, 6) is -0.0479. The van der Waals surface area contributed by atoms with Crippen LogP contribution in [0.3, 0.4) is 0 Å². The third-order valence-corrected chi connectivity index (χ3v) is 4.61. The molecule has 2 aromatic carbocycles. The monoisotopic (exact) mass is 384 g/mol. The standard InChI is InChI=1S/C21H21ClN2O3/c1-13-5-3-6-17-14(2)20(27-19(13)17)21(26)23-12-4-7-18(25)24-16-10-8-15(22)9-11-16/h3,5-6,8-11H,4,7,12H2,1-2H3,(H,23,26)(H,24,25). The van der Waals surface area contributed by atoms with Gasteiger partial charge in [-0.15, -0.1) is 0 Å². The highest BCUT2D eigenvalue weighted by Crippen LogP contribution is 2.27. The van der Waals surface area contributed by atoms with Gasteiger partial charge in [-0.1, -0.05) is 29.8 Å². The number of carbonyl (C=O) groups is 2. The quantitative estimate of drug-likeness (QED) is 0.596. The summed E-state index contributed by atoms with van der Waals surface area (Å²) in [5.41, 5.74) is 3.25. The Labute approximate surface area is 162 Å². The molecule has 0 saturated heterocycles. The van der Waals surface area contributed by atoms with E-state index in [-0.39, 0.29) is 11.8 Å². The first kappa shape index (κ1) is 19.0. The van der Waals surface area contributed by atoms with Crippen molar-refractivity contribution in [2.24, 2.45) is 0 Å². The summed E-state index contributed by atoms with van der Waals surface area (Å²) in [7, 11) is 0. The van der Waals surface area contributed by atoms with Crippen molar-refractivity contribution < 1.29 is 14.0 Å². The number of carbonyl (C=O) groups excluding carboxylic acids is 2. The van der Waals surface area contributed by atoms with Crippen molar-refractivity contribution in [3.63, 3.8) is 0 Å². The number of nitrogens with one attached hydrogen (secondary N) is 2. The molecule has 0 unspecified atom stereocenters. The van der Waals surface area contributed by atoms with Gasteiger partial charge in [-0.25, -0.2) is 0 Å². The number of rotatable bonds is 6. The molecule has 0 saturated carbocycles. The molecule has 0 atom stereocenters. The molecule has 0 bridgehead atoms.